The molecule has 140 valence electrons. The summed E-state index contributed by atoms with van der Waals surface area (Å²) in [4.78, 5) is 39.2. The number of rotatable bonds is 4. The zero-order valence-corrected chi connectivity index (χ0v) is 14.8. The van der Waals surface area contributed by atoms with Gasteiger partial charge in [0.25, 0.3) is 5.91 Å². The van der Waals surface area contributed by atoms with Crippen molar-refractivity contribution in [1.82, 2.24) is 4.90 Å². The average Bonchev–Trinajstić information content (AvgIpc) is 2.82. The Balaban J connectivity index is 1.74. The predicted molar refractivity (Wildman–Crippen MR) is 95.5 cm³/mol. The number of urea groups is 1. The van der Waals surface area contributed by atoms with E-state index in [0.29, 0.717) is 5.69 Å². The second-order valence-corrected chi connectivity index (χ2v) is 6.31. The molecular weight excluding hydrogens is 380 g/mol. The molecule has 0 saturated carbocycles. The van der Waals surface area contributed by atoms with Crippen LogP contribution in [0.25, 0.3) is 0 Å². The number of amides is 4. The number of nitrogens with one attached hydrogen (secondary N) is 1. The number of nitrogens with zero attached hydrogens (tertiary/aromatic N) is 2. The smallest absolute Gasteiger partial charge is 0.323 e. The summed E-state index contributed by atoms with van der Waals surface area (Å²) in [5.41, 5.74) is 0.498. The first kappa shape index (κ1) is 18.8. The molecule has 1 aliphatic rings. The van der Waals surface area contributed by atoms with Crippen molar-refractivity contribution < 1.29 is 23.2 Å². The van der Waals surface area contributed by atoms with Gasteiger partial charge in [-0.05, 0) is 49.4 Å². The third kappa shape index (κ3) is 3.75. The summed E-state index contributed by atoms with van der Waals surface area (Å²) in [6.45, 7) is 0.978. The van der Waals surface area contributed by atoms with E-state index in [9.17, 15) is 23.2 Å². The Kier molecular flexibility index (Phi) is 5.09. The summed E-state index contributed by atoms with van der Waals surface area (Å²) in [6.07, 6.45) is 0. The molecule has 1 atom stereocenters. The van der Waals surface area contributed by atoms with Crippen molar-refractivity contribution in [2.75, 3.05) is 16.8 Å². The maximum Gasteiger partial charge on any atom is 0.332 e. The lowest BCUT2D eigenvalue weighted by molar-refractivity contribution is -0.130. The van der Waals surface area contributed by atoms with Gasteiger partial charge in [-0.15, -0.1) is 0 Å². The lowest BCUT2D eigenvalue weighted by Crippen LogP contribution is -2.39. The van der Waals surface area contributed by atoms with Crippen LogP contribution in [-0.2, 0) is 9.59 Å². The minimum absolute atomic E-state index is 0.0104. The van der Waals surface area contributed by atoms with Crippen LogP contribution in [-0.4, -0.2) is 35.3 Å². The molecule has 27 heavy (non-hydrogen) atoms. The van der Waals surface area contributed by atoms with E-state index in [1.807, 2.05) is 0 Å². The Morgan fingerprint density at radius 3 is 2.37 bits per heavy atom. The van der Waals surface area contributed by atoms with Gasteiger partial charge in [-0.3, -0.25) is 19.4 Å². The van der Waals surface area contributed by atoms with Gasteiger partial charge in [-0.2, -0.15) is 0 Å². The van der Waals surface area contributed by atoms with E-state index >= 15 is 0 Å². The van der Waals surface area contributed by atoms with Crippen molar-refractivity contribution in [2.24, 2.45) is 0 Å². The van der Waals surface area contributed by atoms with E-state index in [4.69, 9.17) is 11.6 Å². The molecule has 0 bridgehead atoms. The quantitative estimate of drug-likeness (QED) is 0.809. The van der Waals surface area contributed by atoms with Crippen LogP contribution in [0.1, 0.15) is 6.92 Å². The predicted octanol–water partition coefficient (Wildman–Crippen LogP) is 3.41. The van der Waals surface area contributed by atoms with Gasteiger partial charge in [0, 0.05) is 5.69 Å². The molecule has 9 heteroatoms. The number of imide groups is 1. The fraction of sp³-hybridized carbons (Fsp3) is 0.167. The van der Waals surface area contributed by atoms with Gasteiger partial charge in [-0.25, -0.2) is 13.6 Å². The van der Waals surface area contributed by atoms with Gasteiger partial charge in [0.2, 0.25) is 5.91 Å². The van der Waals surface area contributed by atoms with Crippen molar-refractivity contribution >= 4 is 40.8 Å². The Labute approximate surface area is 158 Å². The number of carbonyl (C=O) groups is 3. The molecule has 0 unspecified atom stereocenters. The summed E-state index contributed by atoms with van der Waals surface area (Å²) in [5, 5.41) is 2.42. The number of halogens is 3. The van der Waals surface area contributed by atoms with E-state index in [1.54, 1.807) is 0 Å². The fourth-order valence-electron chi connectivity index (χ4n) is 2.73. The van der Waals surface area contributed by atoms with Crippen LogP contribution in [0, 0.1) is 11.6 Å². The first-order valence-electron chi connectivity index (χ1n) is 7.93. The molecule has 1 saturated heterocycles. The Hall–Kier alpha value is -3.00. The topological polar surface area (TPSA) is 69.7 Å². The molecule has 0 aromatic heterocycles. The number of anilines is 2. The van der Waals surface area contributed by atoms with Crippen LogP contribution in [0.5, 0.6) is 0 Å². The van der Waals surface area contributed by atoms with Crippen LogP contribution < -0.4 is 10.2 Å². The van der Waals surface area contributed by atoms with Gasteiger partial charge in [0.15, 0.2) is 0 Å². The summed E-state index contributed by atoms with van der Waals surface area (Å²) in [7, 11) is 0. The second kappa shape index (κ2) is 7.32. The fourth-order valence-corrected chi connectivity index (χ4v) is 2.95. The average molecular weight is 394 g/mol. The van der Waals surface area contributed by atoms with E-state index in [0.717, 1.165) is 17.0 Å². The van der Waals surface area contributed by atoms with Crippen molar-refractivity contribution in [2.45, 2.75) is 13.0 Å². The maximum atomic E-state index is 13.1. The van der Waals surface area contributed by atoms with Crippen LogP contribution >= 0.6 is 11.6 Å². The van der Waals surface area contributed by atoms with Crippen molar-refractivity contribution in [3.8, 4) is 0 Å². The minimum Gasteiger partial charge on any atom is -0.323 e. The summed E-state index contributed by atoms with van der Waals surface area (Å²) < 4.78 is 26.2. The molecule has 1 N–H and O–H groups in total. The van der Waals surface area contributed by atoms with Crippen LogP contribution in [0.15, 0.2) is 42.5 Å². The zero-order valence-electron chi connectivity index (χ0n) is 14.1. The number of hydrogen-bond donors (Lipinski definition) is 1. The molecule has 2 aromatic rings. The highest BCUT2D eigenvalue weighted by Crippen LogP contribution is 2.26. The van der Waals surface area contributed by atoms with Crippen LogP contribution in [0.4, 0.5) is 25.0 Å². The van der Waals surface area contributed by atoms with Gasteiger partial charge in [0.1, 0.15) is 24.2 Å². The molecule has 3 rings (SSSR count). The molecule has 0 radical (unpaired) electrons. The lowest BCUT2D eigenvalue weighted by Gasteiger charge is -2.19. The maximum absolute atomic E-state index is 13.1. The van der Waals surface area contributed by atoms with Gasteiger partial charge in [0.05, 0.1) is 10.7 Å². The number of carbonyl (C=O) groups excluding carboxylic acids is 3. The Bertz CT molecular complexity index is 921. The summed E-state index contributed by atoms with van der Waals surface area (Å²) in [5.74, 6) is -2.27. The highest BCUT2D eigenvalue weighted by Gasteiger charge is 2.44. The molecule has 6 nitrogen and oxygen atoms in total. The molecular formula is C18H14ClF2N3O3. The normalized spacial score (nSPS) is 16.8. The van der Waals surface area contributed by atoms with E-state index in [1.165, 1.54) is 42.2 Å². The first-order valence-corrected chi connectivity index (χ1v) is 8.31. The van der Waals surface area contributed by atoms with E-state index in [2.05, 4.69) is 5.32 Å². The molecule has 0 aliphatic carbocycles. The standard InChI is InChI=1S/C18H14ClF2N3O3/c1-10-17(26)23(18(27)24(10)13-5-2-11(20)3-6-13)9-16(25)22-15-7-4-12(21)8-14(15)19/h2-8,10H,9H2,1H3,(H,22,25)/t10-/m1/s1. The first-order chi connectivity index (χ1) is 12.8. The molecule has 1 fully saturated rings. The zero-order chi connectivity index (χ0) is 19.7. The van der Waals surface area contributed by atoms with Crippen LogP contribution in [0.2, 0.25) is 5.02 Å². The molecule has 2 aromatic carbocycles. The largest absolute Gasteiger partial charge is 0.332 e. The highest BCUT2D eigenvalue weighted by atomic mass is 35.5. The summed E-state index contributed by atoms with van der Waals surface area (Å²) >= 11 is 5.85. The van der Waals surface area contributed by atoms with Gasteiger partial charge >= 0.3 is 6.03 Å². The highest BCUT2D eigenvalue weighted by molar-refractivity contribution is 6.33. The van der Waals surface area contributed by atoms with Gasteiger partial charge < -0.3 is 5.32 Å². The SMILES string of the molecule is C[C@@H]1C(=O)N(CC(=O)Nc2ccc(F)cc2Cl)C(=O)N1c1ccc(F)cc1. The molecule has 0 spiro atoms. The second-order valence-electron chi connectivity index (χ2n) is 5.90. The molecule has 4 amide bonds. The third-order valence-electron chi connectivity index (χ3n) is 4.06. The van der Waals surface area contributed by atoms with Crippen molar-refractivity contribution in [1.29, 1.82) is 0 Å². The number of benzene rings is 2. The van der Waals surface area contributed by atoms with Gasteiger partial charge in [-0.1, -0.05) is 11.6 Å². The monoisotopic (exact) mass is 393 g/mol. The van der Waals surface area contributed by atoms with Crippen molar-refractivity contribution in [3.63, 3.8) is 0 Å². The van der Waals surface area contributed by atoms with Crippen molar-refractivity contribution in [3.05, 3.63) is 59.1 Å². The lowest BCUT2D eigenvalue weighted by atomic mass is 10.2. The Morgan fingerprint density at radius 2 is 1.74 bits per heavy atom. The minimum atomic E-state index is -0.842. The van der Waals surface area contributed by atoms with E-state index in [-0.39, 0.29) is 10.7 Å². The molecule has 1 aliphatic heterocycles. The summed E-state index contributed by atoms with van der Waals surface area (Å²) in [6, 6.07) is 6.98. The Morgan fingerprint density at radius 1 is 1.11 bits per heavy atom. The number of hydrogen-bond acceptors (Lipinski definition) is 3. The molecule has 1 heterocycles. The third-order valence-corrected chi connectivity index (χ3v) is 4.37. The van der Waals surface area contributed by atoms with Crippen LogP contribution in [0.3, 0.4) is 0 Å². The van der Waals surface area contributed by atoms with E-state index < -0.39 is 42.1 Å².